The molecule has 1 aromatic carbocycles. The third-order valence-corrected chi connectivity index (χ3v) is 6.35. The highest BCUT2D eigenvalue weighted by molar-refractivity contribution is 5.79. The maximum Gasteiger partial charge on any atom is 0.490 e. The number of carboxylic acid groups (broad SMARTS) is 1. The van der Waals surface area contributed by atoms with Gasteiger partial charge >= 0.3 is 12.1 Å². The van der Waals surface area contributed by atoms with Gasteiger partial charge in [-0.15, -0.1) is 0 Å². The van der Waals surface area contributed by atoms with Gasteiger partial charge in [0, 0.05) is 43.2 Å². The first kappa shape index (κ1) is 26.8. The van der Waals surface area contributed by atoms with Gasteiger partial charge in [-0.2, -0.15) is 18.3 Å². The number of likely N-dealkylation sites (tertiary alicyclic amines) is 1. The zero-order chi connectivity index (χ0) is 27.3. The Morgan fingerprint density at radius 2 is 1.76 bits per heavy atom. The minimum Gasteiger partial charge on any atom is -0.475 e. The second-order valence-electron chi connectivity index (χ2n) is 9.01. The van der Waals surface area contributed by atoms with Crippen LogP contribution in [-0.2, 0) is 16.0 Å². The first-order valence-corrected chi connectivity index (χ1v) is 12.0. The molecule has 198 valence electrons. The number of alkyl halides is 3. The quantitative estimate of drug-likeness (QED) is 0.415. The lowest BCUT2D eigenvalue weighted by molar-refractivity contribution is -0.192. The molecule has 1 aliphatic rings. The SMILES string of the molecule is Cc1ccccc1CC(=O)N1CCCC(c2nc3ccc(-c4ccncc4)cn3n2)C1.O=C(O)C(F)(F)F. The van der Waals surface area contributed by atoms with Crippen LogP contribution in [0.2, 0.25) is 0 Å². The Morgan fingerprint density at radius 1 is 1.05 bits per heavy atom. The number of halogens is 3. The number of aromatic nitrogens is 4. The van der Waals surface area contributed by atoms with Gasteiger partial charge in [0.1, 0.15) is 0 Å². The Balaban J connectivity index is 0.000000426. The third-order valence-electron chi connectivity index (χ3n) is 6.35. The van der Waals surface area contributed by atoms with E-state index in [0.717, 1.165) is 53.1 Å². The largest absolute Gasteiger partial charge is 0.490 e. The van der Waals surface area contributed by atoms with Crippen LogP contribution in [0.1, 0.15) is 35.7 Å². The molecule has 38 heavy (non-hydrogen) atoms. The molecule has 1 amide bonds. The maximum atomic E-state index is 12.9. The average molecular weight is 526 g/mol. The molecule has 0 saturated carbocycles. The van der Waals surface area contributed by atoms with Crippen LogP contribution >= 0.6 is 0 Å². The van der Waals surface area contributed by atoms with Gasteiger partial charge in [0.15, 0.2) is 11.5 Å². The van der Waals surface area contributed by atoms with Crippen LogP contribution in [0.15, 0.2) is 67.1 Å². The van der Waals surface area contributed by atoms with E-state index < -0.39 is 12.1 Å². The first-order valence-electron chi connectivity index (χ1n) is 12.0. The monoisotopic (exact) mass is 525 g/mol. The maximum absolute atomic E-state index is 12.9. The number of aliphatic carboxylic acids is 1. The summed E-state index contributed by atoms with van der Waals surface area (Å²) in [6.45, 7) is 3.54. The van der Waals surface area contributed by atoms with Crippen molar-refractivity contribution in [2.24, 2.45) is 0 Å². The molecule has 1 saturated heterocycles. The van der Waals surface area contributed by atoms with Crippen LogP contribution in [0.25, 0.3) is 16.8 Å². The molecule has 5 rings (SSSR count). The van der Waals surface area contributed by atoms with Crippen LogP contribution < -0.4 is 0 Å². The van der Waals surface area contributed by atoms with Gasteiger partial charge in [-0.1, -0.05) is 24.3 Å². The number of piperidine rings is 1. The molecule has 1 N–H and O–H groups in total. The number of carbonyl (C=O) groups is 2. The van der Waals surface area contributed by atoms with Crippen LogP contribution in [-0.4, -0.2) is 60.7 Å². The van der Waals surface area contributed by atoms with Crippen molar-refractivity contribution in [3.05, 3.63) is 84.1 Å². The molecule has 0 bridgehead atoms. The number of aryl methyl sites for hydroxylation is 1. The molecule has 3 aromatic heterocycles. The van der Waals surface area contributed by atoms with E-state index in [1.54, 1.807) is 12.4 Å². The fourth-order valence-electron chi connectivity index (χ4n) is 4.29. The number of carboxylic acids is 1. The smallest absolute Gasteiger partial charge is 0.475 e. The Labute approximate surface area is 216 Å². The van der Waals surface area contributed by atoms with Crippen molar-refractivity contribution >= 4 is 17.5 Å². The van der Waals surface area contributed by atoms with Crippen molar-refractivity contribution in [2.75, 3.05) is 13.1 Å². The summed E-state index contributed by atoms with van der Waals surface area (Å²) < 4.78 is 33.6. The van der Waals surface area contributed by atoms with Crippen molar-refractivity contribution in [3.63, 3.8) is 0 Å². The van der Waals surface area contributed by atoms with Crippen LogP contribution in [0.5, 0.6) is 0 Å². The molecule has 4 heterocycles. The van der Waals surface area contributed by atoms with E-state index in [0.29, 0.717) is 13.0 Å². The van der Waals surface area contributed by atoms with Gasteiger partial charge in [0.25, 0.3) is 0 Å². The van der Waals surface area contributed by atoms with Gasteiger partial charge in [-0.25, -0.2) is 14.3 Å². The number of hydrogen-bond acceptors (Lipinski definition) is 5. The summed E-state index contributed by atoms with van der Waals surface area (Å²) in [6.07, 6.45) is 2.93. The molecule has 8 nitrogen and oxygen atoms in total. The predicted octanol–water partition coefficient (Wildman–Crippen LogP) is 4.68. The van der Waals surface area contributed by atoms with E-state index in [-0.39, 0.29) is 11.8 Å². The second kappa shape index (κ2) is 11.4. The van der Waals surface area contributed by atoms with E-state index in [1.807, 2.05) is 52.0 Å². The molecule has 0 radical (unpaired) electrons. The van der Waals surface area contributed by atoms with Crippen molar-refractivity contribution < 1.29 is 27.9 Å². The van der Waals surface area contributed by atoms with Crippen molar-refractivity contribution in [1.82, 2.24) is 24.5 Å². The minimum atomic E-state index is -5.08. The zero-order valence-corrected chi connectivity index (χ0v) is 20.6. The molecule has 1 aliphatic heterocycles. The molecule has 11 heteroatoms. The van der Waals surface area contributed by atoms with E-state index in [1.165, 1.54) is 0 Å². The number of rotatable bonds is 4. The highest BCUT2D eigenvalue weighted by Gasteiger charge is 2.38. The second-order valence-corrected chi connectivity index (χ2v) is 9.01. The Morgan fingerprint density at radius 3 is 2.45 bits per heavy atom. The first-order chi connectivity index (χ1) is 18.1. The minimum absolute atomic E-state index is 0.166. The highest BCUT2D eigenvalue weighted by Crippen LogP contribution is 2.27. The summed E-state index contributed by atoms with van der Waals surface area (Å²) in [5, 5.41) is 11.9. The number of nitrogens with zero attached hydrogens (tertiary/aromatic N) is 5. The van der Waals surface area contributed by atoms with Gasteiger partial charge < -0.3 is 10.0 Å². The lowest BCUT2D eigenvalue weighted by Crippen LogP contribution is -2.40. The van der Waals surface area contributed by atoms with Gasteiger partial charge in [0.2, 0.25) is 5.91 Å². The molecule has 0 spiro atoms. The molecular formula is C27H26F3N5O3. The number of hydrogen-bond donors (Lipinski definition) is 1. The molecule has 1 atom stereocenters. The Hall–Kier alpha value is -4.28. The highest BCUT2D eigenvalue weighted by atomic mass is 19.4. The van der Waals surface area contributed by atoms with E-state index in [9.17, 15) is 18.0 Å². The molecular weight excluding hydrogens is 499 g/mol. The van der Waals surface area contributed by atoms with Crippen molar-refractivity contribution in [2.45, 2.75) is 38.3 Å². The summed E-state index contributed by atoms with van der Waals surface area (Å²) in [6, 6.07) is 16.1. The topological polar surface area (TPSA) is 101 Å². The fourth-order valence-corrected chi connectivity index (χ4v) is 4.29. The molecule has 0 aliphatic carbocycles. The Kier molecular flexibility index (Phi) is 8.04. The van der Waals surface area contributed by atoms with Crippen molar-refractivity contribution in [3.8, 4) is 11.1 Å². The average Bonchev–Trinajstić information content (AvgIpc) is 3.34. The number of benzene rings is 1. The number of fused-ring (bicyclic) bond motifs is 1. The summed E-state index contributed by atoms with van der Waals surface area (Å²) in [4.78, 5) is 32.7. The van der Waals surface area contributed by atoms with E-state index in [4.69, 9.17) is 20.0 Å². The van der Waals surface area contributed by atoms with E-state index in [2.05, 4.69) is 24.0 Å². The van der Waals surface area contributed by atoms with Gasteiger partial charge in [-0.3, -0.25) is 9.78 Å². The zero-order valence-electron chi connectivity index (χ0n) is 20.6. The summed E-state index contributed by atoms with van der Waals surface area (Å²) in [5.74, 6) is -1.59. The normalized spacial score (nSPS) is 15.6. The van der Waals surface area contributed by atoms with E-state index >= 15 is 0 Å². The van der Waals surface area contributed by atoms with Crippen LogP contribution in [0, 0.1) is 6.92 Å². The fraction of sp³-hybridized carbons (Fsp3) is 0.296. The van der Waals surface area contributed by atoms with Crippen LogP contribution in [0.4, 0.5) is 13.2 Å². The number of pyridine rings is 2. The van der Waals surface area contributed by atoms with Gasteiger partial charge in [-0.05, 0) is 60.7 Å². The number of amides is 1. The van der Waals surface area contributed by atoms with Crippen molar-refractivity contribution in [1.29, 1.82) is 0 Å². The predicted molar refractivity (Wildman–Crippen MR) is 133 cm³/mol. The molecule has 1 unspecified atom stereocenters. The lowest BCUT2D eigenvalue weighted by atomic mass is 9.96. The molecule has 1 fully saturated rings. The van der Waals surface area contributed by atoms with Crippen LogP contribution in [0.3, 0.4) is 0 Å². The number of carbonyl (C=O) groups excluding carboxylic acids is 1. The third kappa shape index (κ3) is 6.53. The summed E-state index contributed by atoms with van der Waals surface area (Å²) in [7, 11) is 0. The van der Waals surface area contributed by atoms with Gasteiger partial charge in [0.05, 0.1) is 6.42 Å². The molecule has 4 aromatic rings. The lowest BCUT2D eigenvalue weighted by Gasteiger charge is -2.31. The standard InChI is InChI=1S/C25H25N5O.C2HF3O2/c1-18-5-2-3-6-20(18)15-24(31)29-14-4-7-22(16-29)25-27-23-9-8-21(17-30(23)28-25)19-10-12-26-13-11-19;3-2(4,5)1(6)7/h2-3,5-6,8-13,17,22H,4,7,14-16H2,1H3;(H,6,7). The summed E-state index contributed by atoms with van der Waals surface area (Å²) >= 11 is 0. The Bertz CT molecular complexity index is 1420. The summed E-state index contributed by atoms with van der Waals surface area (Å²) in [5.41, 5.74) is 5.27.